The number of ether oxygens (including phenoxy) is 1. The third-order valence-electron chi connectivity index (χ3n) is 4.68. The lowest BCUT2D eigenvalue weighted by atomic mass is 10.0. The first kappa shape index (κ1) is 21.2. The van der Waals surface area contributed by atoms with Crippen molar-refractivity contribution < 1.29 is 27.1 Å². The van der Waals surface area contributed by atoms with Crippen LogP contribution < -0.4 is 15.7 Å². The molecule has 1 aromatic heterocycles. The van der Waals surface area contributed by atoms with Crippen molar-refractivity contribution in [2.24, 2.45) is 0 Å². The second-order valence-electron chi connectivity index (χ2n) is 6.88. The average Bonchev–Trinajstić information content (AvgIpc) is 2.77. The lowest BCUT2D eigenvalue weighted by Gasteiger charge is -2.14. The quantitative estimate of drug-likeness (QED) is 0.417. The second kappa shape index (κ2) is 8.58. The van der Waals surface area contributed by atoms with E-state index >= 15 is 0 Å². The number of hydrogen-bond acceptors (Lipinski definition) is 4. The summed E-state index contributed by atoms with van der Waals surface area (Å²) in [5, 5.41) is 2.88. The third kappa shape index (κ3) is 4.64. The fourth-order valence-corrected chi connectivity index (χ4v) is 3.26. The predicted octanol–water partition coefficient (Wildman–Crippen LogP) is 5.50. The van der Waals surface area contributed by atoms with Gasteiger partial charge in [-0.1, -0.05) is 42.5 Å². The molecule has 5 nitrogen and oxygen atoms in total. The fraction of sp³-hybridized carbons (Fsp3) is 0.0833. The lowest BCUT2D eigenvalue weighted by Crippen LogP contribution is -2.22. The smallest absolute Gasteiger partial charge is 0.418 e. The second-order valence-corrected chi connectivity index (χ2v) is 6.88. The molecule has 4 aromatic rings. The molecule has 0 saturated heterocycles. The molecule has 4 rings (SSSR count). The van der Waals surface area contributed by atoms with Gasteiger partial charge in [-0.05, 0) is 35.4 Å². The van der Waals surface area contributed by atoms with Crippen molar-refractivity contribution in [1.29, 1.82) is 0 Å². The molecule has 0 unspecified atom stereocenters. The molecule has 32 heavy (non-hydrogen) atoms. The number of para-hydroxylation sites is 1. The van der Waals surface area contributed by atoms with Crippen LogP contribution in [0.2, 0.25) is 0 Å². The van der Waals surface area contributed by atoms with Crippen LogP contribution in [-0.2, 0) is 11.0 Å². The lowest BCUT2D eigenvalue weighted by molar-refractivity contribution is -0.137. The van der Waals surface area contributed by atoms with E-state index in [0.717, 1.165) is 17.7 Å². The summed E-state index contributed by atoms with van der Waals surface area (Å²) in [4.78, 5) is 24.2. The molecule has 0 saturated carbocycles. The Morgan fingerprint density at radius 1 is 0.938 bits per heavy atom. The number of halogens is 3. The SMILES string of the molecule is O=C(COc1ccc2c(-c3ccccc3)cc(=O)oc2c1)Nc1ccccc1C(F)(F)F. The van der Waals surface area contributed by atoms with Gasteiger partial charge in [-0.3, -0.25) is 4.79 Å². The Morgan fingerprint density at radius 3 is 2.41 bits per heavy atom. The van der Waals surface area contributed by atoms with E-state index in [0.29, 0.717) is 10.9 Å². The number of rotatable bonds is 5. The minimum absolute atomic E-state index is 0.227. The van der Waals surface area contributed by atoms with E-state index in [4.69, 9.17) is 9.15 Å². The van der Waals surface area contributed by atoms with Crippen molar-refractivity contribution in [3.63, 3.8) is 0 Å². The first-order valence-corrected chi connectivity index (χ1v) is 9.53. The maximum Gasteiger partial charge on any atom is 0.418 e. The summed E-state index contributed by atoms with van der Waals surface area (Å²) < 4.78 is 49.9. The molecule has 0 bridgehead atoms. The molecule has 162 valence electrons. The summed E-state index contributed by atoms with van der Waals surface area (Å²) in [5.41, 5.74) is -0.0711. The summed E-state index contributed by atoms with van der Waals surface area (Å²) in [5.74, 6) is -0.536. The highest BCUT2D eigenvalue weighted by molar-refractivity contribution is 5.94. The molecule has 0 aliphatic carbocycles. The van der Waals surface area contributed by atoms with Crippen LogP contribution in [-0.4, -0.2) is 12.5 Å². The van der Waals surface area contributed by atoms with Crippen molar-refractivity contribution >= 4 is 22.6 Å². The van der Waals surface area contributed by atoms with Gasteiger partial charge in [0.2, 0.25) is 0 Å². The highest BCUT2D eigenvalue weighted by atomic mass is 19.4. The number of carbonyl (C=O) groups is 1. The van der Waals surface area contributed by atoms with Gasteiger partial charge in [0, 0.05) is 17.5 Å². The fourth-order valence-electron chi connectivity index (χ4n) is 3.26. The molecular weight excluding hydrogens is 423 g/mol. The predicted molar refractivity (Wildman–Crippen MR) is 113 cm³/mol. The van der Waals surface area contributed by atoms with Crippen LogP contribution in [0.1, 0.15) is 5.56 Å². The number of anilines is 1. The van der Waals surface area contributed by atoms with Gasteiger partial charge in [-0.25, -0.2) is 4.79 Å². The van der Waals surface area contributed by atoms with Gasteiger partial charge in [-0.15, -0.1) is 0 Å². The molecule has 0 spiro atoms. The van der Waals surface area contributed by atoms with Crippen LogP contribution in [0.15, 0.2) is 88.1 Å². The molecule has 1 amide bonds. The van der Waals surface area contributed by atoms with E-state index in [1.807, 2.05) is 30.3 Å². The maximum absolute atomic E-state index is 13.1. The molecule has 3 aromatic carbocycles. The van der Waals surface area contributed by atoms with Gasteiger partial charge in [0.1, 0.15) is 11.3 Å². The zero-order valence-electron chi connectivity index (χ0n) is 16.5. The summed E-state index contributed by atoms with van der Waals surface area (Å²) >= 11 is 0. The van der Waals surface area contributed by atoms with Crippen molar-refractivity contribution in [3.05, 3.63) is 94.8 Å². The van der Waals surface area contributed by atoms with E-state index in [2.05, 4.69) is 5.32 Å². The standard InChI is InChI=1S/C24H16F3NO4/c25-24(26,27)19-8-4-5-9-20(19)28-22(29)14-31-16-10-11-17-18(15-6-2-1-3-7-15)13-23(30)32-21(17)12-16/h1-13H,14H2,(H,28,29). The molecule has 0 atom stereocenters. The number of carbonyl (C=O) groups excluding carboxylic acids is 1. The van der Waals surface area contributed by atoms with Crippen LogP contribution in [0.3, 0.4) is 0 Å². The Hall–Kier alpha value is -4.07. The van der Waals surface area contributed by atoms with Crippen LogP contribution in [0.4, 0.5) is 18.9 Å². The van der Waals surface area contributed by atoms with Crippen LogP contribution in [0, 0.1) is 0 Å². The minimum atomic E-state index is -4.60. The molecule has 1 N–H and O–H groups in total. The third-order valence-corrected chi connectivity index (χ3v) is 4.68. The Kier molecular flexibility index (Phi) is 5.68. The van der Waals surface area contributed by atoms with E-state index < -0.39 is 29.9 Å². The minimum Gasteiger partial charge on any atom is -0.484 e. The highest BCUT2D eigenvalue weighted by Crippen LogP contribution is 2.34. The number of fused-ring (bicyclic) bond motifs is 1. The van der Waals surface area contributed by atoms with Crippen molar-refractivity contribution in [2.45, 2.75) is 6.18 Å². The van der Waals surface area contributed by atoms with E-state index in [1.54, 1.807) is 12.1 Å². The van der Waals surface area contributed by atoms with Crippen molar-refractivity contribution in [1.82, 2.24) is 0 Å². The Balaban J connectivity index is 1.52. The number of benzene rings is 3. The summed E-state index contributed by atoms with van der Waals surface area (Å²) in [6.07, 6.45) is -4.60. The van der Waals surface area contributed by atoms with Gasteiger partial charge < -0.3 is 14.5 Å². The number of hydrogen-bond donors (Lipinski definition) is 1. The largest absolute Gasteiger partial charge is 0.484 e. The number of amides is 1. The molecule has 0 aliphatic rings. The van der Waals surface area contributed by atoms with Crippen LogP contribution in [0.25, 0.3) is 22.1 Å². The van der Waals surface area contributed by atoms with Gasteiger partial charge in [-0.2, -0.15) is 13.2 Å². The van der Waals surface area contributed by atoms with Gasteiger partial charge in [0.15, 0.2) is 6.61 Å². The van der Waals surface area contributed by atoms with Gasteiger partial charge in [0.05, 0.1) is 11.3 Å². The molecular formula is C24H16F3NO4. The van der Waals surface area contributed by atoms with Crippen molar-refractivity contribution in [3.8, 4) is 16.9 Å². The first-order valence-electron chi connectivity index (χ1n) is 9.53. The molecule has 0 radical (unpaired) electrons. The zero-order valence-corrected chi connectivity index (χ0v) is 16.5. The van der Waals surface area contributed by atoms with E-state index in [1.165, 1.54) is 24.3 Å². The normalized spacial score (nSPS) is 11.3. The highest BCUT2D eigenvalue weighted by Gasteiger charge is 2.33. The van der Waals surface area contributed by atoms with Gasteiger partial charge in [0.25, 0.3) is 5.91 Å². The molecule has 8 heteroatoms. The molecule has 0 aliphatic heterocycles. The molecule has 1 heterocycles. The number of nitrogens with one attached hydrogen (secondary N) is 1. The maximum atomic E-state index is 13.1. The Bertz CT molecular complexity index is 1330. The van der Waals surface area contributed by atoms with Crippen LogP contribution in [0.5, 0.6) is 5.75 Å². The summed E-state index contributed by atoms with van der Waals surface area (Å²) in [7, 11) is 0. The Morgan fingerprint density at radius 2 is 1.66 bits per heavy atom. The van der Waals surface area contributed by atoms with E-state index in [-0.39, 0.29) is 17.0 Å². The van der Waals surface area contributed by atoms with Crippen molar-refractivity contribution in [2.75, 3.05) is 11.9 Å². The summed E-state index contributed by atoms with van der Waals surface area (Å²) in [6, 6.07) is 20.1. The van der Waals surface area contributed by atoms with E-state index in [9.17, 15) is 22.8 Å². The Labute approximate surface area is 180 Å². The van der Waals surface area contributed by atoms with Gasteiger partial charge >= 0.3 is 11.8 Å². The monoisotopic (exact) mass is 439 g/mol. The number of alkyl halides is 3. The zero-order chi connectivity index (χ0) is 22.7. The van der Waals surface area contributed by atoms with Crippen LogP contribution >= 0.6 is 0 Å². The summed E-state index contributed by atoms with van der Waals surface area (Å²) in [6.45, 7) is -0.527. The molecule has 0 fully saturated rings. The average molecular weight is 439 g/mol. The first-order chi connectivity index (χ1) is 15.3. The topological polar surface area (TPSA) is 68.5 Å².